The molecule has 1 aliphatic heterocycles. The number of esters is 3. The van der Waals surface area contributed by atoms with E-state index in [0.29, 0.717) is 22.2 Å². The van der Waals surface area contributed by atoms with Crippen LogP contribution in [0.1, 0.15) is 31.1 Å². The van der Waals surface area contributed by atoms with Gasteiger partial charge in [0.1, 0.15) is 0 Å². The van der Waals surface area contributed by atoms with Crippen molar-refractivity contribution in [1.82, 2.24) is 4.98 Å². The zero-order valence-electron chi connectivity index (χ0n) is 15.1. The van der Waals surface area contributed by atoms with Gasteiger partial charge in [-0.3, -0.25) is 4.98 Å². The molecule has 0 spiro atoms. The summed E-state index contributed by atoms with van der Waals surface area (Å²) in [5.41, 5.74) is 1.18. The summed E-state index contributed by atoms with van der Waals surface area (Å²) in [6.07, 6.45) is 2.62. The number of aromatic nitrogens is 1. The SMILES string of the molecule is CCOC(=O)c1cnc2c(NC=C3C(=O)OC(C)(C)OC3=O)cccc2c1. The first kappa shape index (κ1) is 18.4. The first-order chi connectivity index (χ1) is 12.8. The number of nitrogens with one attached hydrogen (secondary N) is 1. The quantitative estimate of drug-likeness (QED) is 0.497. The smallest absolute Gasteiger partial charge is 0.350 e. The molecule has 1 fully saturated rings. The number of nitrogens with zero attached hydrogens (tertiary/aromatic N) is 1. The molecule has 1 aromatic carbocycles. The molecular weight excluding hydrogens is 352 g/mol. The monoisotopic (exact) mass is 370 g/mol. The Morgan fingerprint density at radius 3 is 2.63 bits per heavy atom. The molecule has 27 heavy (non-hydrogen) atoms. The average Bonchev–Trinajstić information content (AvgIpc) is 2.59. The first-order valence-corrected chi connectivity index (χ1v) is 8.30. The minimum Gasteiger partial charge on any atom is -0.462 e. The summed E-state index contributed by atoms with van der Waals surface area (Å²) in [6.45, 7) is 4.95. The number of carbonyl (C=O) groups excluding carboxylic acids is 3. The highest BCUT2D eigenvalue weighted by molar-refractivity contribution is 6.15. The van der Waals surface area contributed by atoms with Gasteiger partial charge in [-0.05, 0) is 19.1 Å². The Morgan fingerprint density at radius 2 is 1.96 bits per heavy atom. The van der Waals surface area contributed by atoms with Crippen molar-refractivity contribution >= 4 is 34.5 Å². The standard InChI is InChI=1S/C19H18N2O6/c1-4-25-16(22)12-8-11-6-5-7-14(15(11)21-9-12)20-10-13-17(23)26-19(2,3)27-18(13)24/h5-10,20H,4H2,1-3H3. The van der Waals surface area contributed by atoms with Gasteiger partial charge in [0.05, 0.1) is 23.4 Å². The maximum absolute atomic E-state index is 12.0. The van der Waals surface area contributed by atoms with Crippen molar-refractivity contribution < 1.29 is 28.6 Å². The number of hydrogen-bond donors (Lipinski definition) is 1. The summed E-state index contributed by atoms with van der Waals surface area (Å²) >= 11 is 0. The fraction of sp³-hybridized carbons (Fsp3) is 0.263. The van der Waals surface area contributed by atoms with Crippen LogP contribution < -0.4 is 5.32 Å². The molecule has 8 heteroatoms. The minimum atomic E-state index is -1.30. The number of benzene rings is 1. The molecule has 3 rings (SSSR count). The van der Waals surface area contributed by atoms with Crippen molar-refractivity contribution in [2.75, 3.05) is 11.9 Å². The zero-order valence-corrected chi connectivity index (χ0v) is 15.1. The van der Waals surface area contributed by atoms with Gasteiger partial charge in [0, 0.05) is 31.6 Å². The van der Waals surface area contributed by atoms with Gasteiger partial charge in [-0.1, -0.05) is 12.1 Å². The van der Waals surface area contributed by atoms with Gasteiger partial charge in [0.15, 0.2) is 5.57 Å². The lowest BCUT2D eigenvalue weighted by atomic mass is 10.1. The predicted octanol–water partition coefficient (Wildman–Crippen LogP) is 2.54. The van der Waals surface area contributed by atoms with Gasteiger partial charge < -0.3 is 19.5 Å². The Balaban J connectivity index is 1.88. The number of carbonyl (C=O) groups is 3. The highest BCUT2D eigenvalue weighted by Gasteiger charge is 2.38. The van der Waals surface area contributed by atoms with Crippen LogP contribution in [0.4, 0.5) is 5.69 Å². The van der Waals surface area contributed by atoms with E-state index in [1.165, 1.54) is 26.2 Å². The fourth-order valence-corrected chi connectivity index (χ4v) is 2.53. The largest absolute Gasteiger partial charge is 0.462 e. The van der Waals surface area contributed by atoms with E-state index in [1.807, 2.05) is 0 Å². The second-order valence-electron chi connectivity index (χ2n) is 6.20. The summed E-state index contributed by atoms with van der Waals surface area (Å²) in [4.78, 5) is 40.1. The Kier molecular flexibility index (Phi) is 4.81. The van der Waals surface area contributed by atoms with Gasteiger partial charge in [-0.2, -0.15) is 0 Å². The Bertz CT molecular complexity index is 942. The zero-order chi connectivity index (χ0) is 19.6. The van der Waals surface area contributed by atoms with E-state index < -0.39 is 23.7 Å². The summed E-state index contributed by atoms with van der Waals surface area (Å²) < 4.78 is 15.0. The van der Waals surface area contributed by atoms with Crippen LogP contribution in [0.2, 0.25) is 0 Å². The Hall–Kier alpha value is -3.42. The lowest BCUT2D eigenvalue weighted by Crippen LogP contribution is -2.42. The normalized spacial score (nSPS) is 15.7. The number of cyclic esters (lactones) is 2. The number of para-hydroxylation sites is 1. The van der Waals surface area contributed by atoms with Crippen molar-refractivity contribution in [3.05, 3.63) is 47.8 Å². The molecule has 2 heterocycles. The molecule has 0 aliphatic carbocycles. The molecule has 0 radical (unpaired) electrons. The van der Waals surface area contributed by atoms with Crippen LogP contribution >= 0.6 is 0 Å². The van der Waals surface area contributed by atoms with E-state index in [9.17, 15) is 14.4 Å². The lowest BCUT2D eigenvalue weighted by Gasteiger charge is -2.29. The number of rotatable bonds is 4. The topological polar surface area (TPSA) is 104 Å². The molecule has 1 N–H and O–H groups in total. The van der Waals surface area contributed by atoms with Crippen LogP contribution in [0.15, 0.2) is 42.2 Å². The summed E-state index contributed by atoms with van der Waals surface area (Å²) in [5, 5.41) is 3.57. The predicted molar refractivity (Wildman–Crippen MR) is 95.7 cm³/mol. The number of hydrogen-bond acceptors (Lipinski definition) is 8. The van der Waals surface area contributed by atoms with Crippen molar-refractivity contribution in [2.24, 2.45) is 0 Å². The maximum Gasteiger partial charge on any atom is 0.350 e. The Morgan fingerprint density at radius 1 is 1.26 bits per heavy atom. The molecule has 1 aromatic heterocycles. The summed E-state index contributed by atoms with van der Waals surface area (Å²) in [5.74, 6) is -3.30. The molecule has 8 nitrogen and oxygen atoms in total. The van der Waals surface area contributed by atoms with Gasteiger partial charge in [-0.15, -0.1) is 0 Å². The van der Waals surface area contributed by atoms with E-state index in [-0.39, 0.29) is 12.2 Å². The van der Waals surface area contributed by atoms with Crippen LogP contribution in [0.3, 0.4) is 0 Å². The van der Waals surface area contributed by atoms with E-state index in [2.05, 4.69) is 10.3 Å². The van der Waals surface area contributed by atoms with Crippen LogP contribution in [-0.4, -0.2) is 35.3 Å². The molecule has 0 amide bonds. The molecule has 0 atom stereocenters. The molecule has 0 unspecified atom stereocenters. The van der Waals surface area contributed by atoms with Gasteiger partial charge in [0.25, 0.3) is 5.79 Å². The molecule has 1 saturated heterocycles. The average molecular weight is 370 g/mol. The molecule has 2 aromatic rings. The van der Waals surface area contributed by atoms with Crippen LogP contribution in [-0.2, 0) is 23.8 Å². The van der Waals surface area contributed by atoms with E-state index in [1.54, 1.807) is 31.2 Å². The molecule has 140 valence electrons. The fourth-order valence-electron chi connectivity index (χ4n) is 2.53. The molecule has 0 saturated carbocycles. The van der Waals surface area contributed by atoms with Crippen molar-refractivity contribution in [3.8, 4) is 0 Å². The van der Waals surface area contributed by atoms with Crippen LogP contribution in [0.5, 0.6) is 0 Å². The minimum absolute atomic E-state index is 0.255. The van der Waals surface area contributed by atoms with E-state index >= 15 is 0 Å². The molecule has 0 bridgehead atoms. The van der Waals surface area contributed by atoms with Crippen LogP contribution in [0, 0.1) is 0 Å². The van der Waals surface area contributed by atoms with Crippen molar-refractivity contribution in [2.45, 2.75) is 26.6 Å². The van der Waals surface area contributed by atoms with Gasteiger partial charge in [0.2, 0.25) is 0 Å². The second kappa shape index (κ2) is 7.06. The number of fused-ring (bicyclic) bond motifs is 1. The third kappa shape index (κ3) is 3.89. The van der Waals surface area contributed by atoms with E-state index in [4.69, 9.17) is 14.2 Å². The third-order valence-corrected chi connectivity index (χ3v) is 3.71. The molecular formula is C19H18N2O6. The van der Waals surface area contributed by atoms with Crippen molar-refractivity contribution in [1.29, 1.82) is 0 Å². The van der Waals surface area contributed by atoms with Gasteiger partial charge in [-0.25, -0.2) is 14.4 Å². The number of anilines is 1. The third-order valence-electron chi connectivity index (χ3n) is 3.71. The van der Waals surface area contributed by atoms with E-state index in [0.717, 1.165) is 0 Å². The first-order valence-electron chi connectivity index (χ1n) is 8.30. The Labute approximate surface area is 155 Å². The molecule has 1 aliphatic rings. The summed E-state index contributed by atoms with van der Waals surface area (Å²) in [7, 11) is 0. The highest BCUT2D eigenvalue weighted by Crippen LogP contribution is 2.25. The highest BCUT2D eigenvalue weighted by atomic mass is 16.7. The van der Waals surface area contributed by atoms with Crippen LogP contribution in [0.25, 0.3) is 10.9 Å². The maximum atomic E-state index is 12.0. The van der Waals surface area contributed by atoms with Crippen molar-refractivity contribution in [3.63, 3.8) is 0 Å². The summed E-state index contributed by atoms with van der Waals surface area (Å²) in [6, 6.07) is 6.92. The lowest BCUT2D eigenvalue weighted by molar-refractivity contribution is -0.222. The number of ether oxygens (including phenoxy) is 3. The number of pyridine rings is 1. The second-order valence-corrected chi connectivity index (χ2v) is 6.20. The van der Waals surface area contributed by atoms with Gasteiger partial charge >= 0.3 is 17.9 Å².